The lowest BCUT2D eigenvalue weighted by Gasteiger charge is -2.33. The summed E-state index contributed by atoms with van der Waals surface area (Å²) in [6.07, 6.45) is 9.72. The Labute approximate surface area is 116 Å². The molecule has 1 atom stereocenters. The maximum atomic E-state index is 3.57. The highest BCUT2D eigenvalue weighted by Crippen LogP contribution is 2.33. The second-order valence-corrected chi connectivity index (χ2v) is 6.73. The van der Waals surface area contributed by atoms with Crippen LogP contribution in [-0.2, 0) is 6.42 Å². The second kappa shape index (κ2) is 7.30. The predicted octanol–water partition coefficient (Wildman–Crippen LogP) is 4.49. The Morgan fingerprint density at radius 3 is 2.67 bits per heavy atom. The number of nitrogens with one attached hydrogen (secondary N) is 1. The van der Waals surface area contributed by atoms with E-state index in [9.17, 15) is 0 Å². The molecule has 1 aromatic rings. The van der Waals surface area contributed by atoms with E-state index < -0.39 is 0 Å². The third kappa shape index (κ3) is 3.83. The number of hydrogen-bond donors (Lipinski definition) is 1. The van der Waals surface area contributed by atoms with Crippen molar-refractivity contribution in [2.75, 3.05) is 7.05 Å². The molecule has 18 heavy (non-hydrogen) atoms. The van der Waals surface area contributed by atoms with Gasteiger partial charge in [-0.2, -0.15) is 0 Å². The van der Waals surface area contributed by atoms with Crippen molar-refractivity contribution in [3.05, 3.63) is 22.4 Å². The Balaban J connectivity index is 1.78. The minimum Gasteiger partial charge on any atom is -0.317 e. The van der Waals surface area contributed by atoms with Gasteiger partial charge in [0.05, 0.1) is 0 Å². The van der Waals surface area contributed by atoms with Crippen LogP contribution in [0, 0.1) is 11.8 Å². The molecule has 1 unspecified atom stereocenters. The summed E-state index contributed by atoms with van der Waals surface area (Å²) in [6.45, 7) is 2.34. The van der Waals surface area contributed by atoms with Gasteiger partial charge in [-0.25, -0.2) is 0 Å². The van der Waals surface area contributed by atoms with Crippen LogP contribution in [0.15, 0.2) is 17.5 Å². The molecule has 0 amide bonds. The quantitative estimate of drug-likeness (QED) is 0.799. The van der Waals surface area contributed by atoms with Gasteiger partial charge in [0.25, 0.3) is 0 Å². The van der Waals surface area contributed by atoms with Crippen molar-refractivity contribution in [2.24, 2.45) is 11.8 Å². The number of aryl methyl sites for hydroxylation is 1. The summed E-state index contributed by atoms with van der Waals surface area (Å²) in [5.41, 5.74) is 0. The van der Waals surface area contributed by atoms with E-state index in [0.29, 0.717) is 0 Å². The molecule has 0 saturated heterocycles. The summed E-state index contributed by atoms with van der Waals surface area (Å²) in [7, 11) is 2.14. The van der Waals surface area contributed by atoms with Gasteiger partial charge in [0.2, 0.25) is 0 Å². The Bertz CT molecular complexity index is 312. The maximum Gasteiger partial charge on any atom is 0.00957 e. The molecule has 1 nitrogen and oxygen atoms in total. The zero-order valence-electron chi connectivity index (χ0n) is 11.8. The van der Waals surface area contributed by atoms with Gasteiger partial charge in [0.1, 0.15) is 0 Å². The Morgan fingerprint density at radius 2 is 2.11 bits per heavy atom. The molecule has 1 heterocycles. The van der Waals surface area contributed by atoms with Crippen molar-refractivity contribution in [3.63, 3.8) is 0 Å². The van der Waals surface area contributed by atoms with Crippen LogP contribution in [-0.4, -0.2) is 13.1 Å². The monoisotopic (exact) mass is 265 g/mol. The summed E-state index contributed by atoms with van der Waals surface area (Å²) in [5.74, 6) is 1.92. The summed E-state index contributed by atoms with van der Waals surface area (Å²) in [6, 6.07) is 5.16. The standard InChI is InChI=1S/C16H27NS/c1-3-13-6-8-14(9-7-13)16(17-2)11-10-15-5-4-12-18-15/h4-5,12-14,16-17H,3,6-11H2,1-2H3. The van der Waals surface area contributed by atoms with Gasteiger partial charge >= 0.3 is 0 Å². The minimum absolute atomic E-state index is 0.727. The predicted molar refractivity (Wildman–Crippen MR) is 81.2 cm³/mol. The third-order valence-electron chi connectivity index (χ3n) is 4.69. The van der Waals surface area contributed by atoms with E-state index in [-0.39, 0.29) is 0 Å². The molecule has 2 heteroatoms. The van der Waals surface area contributed by atoms with Crippen molar-refractivity contribution in [2.45, 2.75) is 57.9 Å². The van der Waals surface area contributed by atoms with Crippen LogP contribution in [0.2, 0.25) is 0 Å². The van der Waals surface area contributed by atoms with Crippen molar-refractivity contribution in [1.82, 2.24) is 5.32 Å². The summed E-state index contributed by atoms with van der Waals surface area (Å²) in [5, 5.41) is 5.76. The van der Waals surface area contributed by atoms with Crippen LogP contribution in [0.5, 0.6) is 0 Å². The fourth-order valence-corrected chi connectivity index (χ4v) is 4.09. The van der Waals surface area contributed by atoms with Crippen LogP contribution < -0.4 is 5.32 Å². The minimum atomic E-state index is 0.727. The van der Waals surface area contributed by atoms with Gasteiger partial charge in [-0.1, -0.05) is 32.3 Å². The van der Waals surface area contributed by atoms with Crippen LogP contribution in [0.25, 0.3) is 0 Å². The molecule has 0 spiro atoms. The first kappa shape index (κ1) is 14.1. The number of thiophene rings is 1. The molecule has 1 saturated carbocycles. The molecule has 1 aliphatic rings. The zero-order valence-corrected chi connectivity index (χ0v) is 12.6. The van der Waals surface area contributed by atoms with Gasteiger partial charge in [-0.05, 0) is 56.0 Å². The highest BCUT2D eigenvalue weighted by Gasteiger charge is 2.25. The molecule has 0 bridgehead atoms. The van der Waals surface area contributed by atoms with Crippen molar-refractivity contribution in [1.29, 1.82) is 0 Å². The Hall–Kier alpha value is -0.340. The van der Waals surface area contributed by atoms with Crippen molar-refractivity contribution in [3.8, 4) is 0 Å². The lowest BCUT2D eigenvalue weighted by Crippen LogP contribution is -2.36. The molecule has 1 aromatic heterocycles. The van der Waals surface area contributed by atoms with Gasteiger partial charge in [0, 0.05) is 10.9 Å². The lowest BCUT2D eigenvalue weighted by atomic mass is 9.76. The van der Waals surface area contributed by atoms with Gasteiger partial charge < -0.3 is 5.32 Å². The molecule has 102 valence electrons. The first-order valence-corrected chi connectivity index (χ1v) is 8.41. The molecular weight excluding hydrogens is 238 g/mol. The molecule has 1 fully saturated rings. The average Bonchev–Trinajstić information content (AvgIpc) is 2.93. The van der Waals surface area contributed by atoms with E-state index in [0.717, 1.165) is 17.9 Å². The average molecular weight is 265 g/mol. The zero-order chi connectivity index (χ0) is 12.8. The SMILES string of the molecule is CCC1CCC(C(CCc2cccs2)NC)CC1. The largest absolute Gasteiger partial charge is 0.317 e. The van der Waals surface area contributed by atoms with E-state index in [1.807, 2.05) is 11.3 Å². The topological polar surface area (TPSA) is 12.0 Å². The molecule has 2 rings (SSSR count). The normalized spacial score (nSPS) is 26.1. The van der Waals surface area contributed by atoms with Gasteiger partial charge in [-0.15, -0.1) is 11.3 Å². The first-order valence-electron chi connectivity index (χ1n) is 7.53. The third-order valence-corrected chi connectivity index (χ3v) is 5.63. The van der Waals surface area contributed by atoms with Crippen LogP contribution in [0.1, 0.15) is 50.3 Å². The van der Waals surface area contributed by atoms with Crippen LogP contribution in [0.3, 0.4) is 0 Å². The highest BCUT2D eigenvalue weighted by atomic mass is 32.1. The maximum absolute atomic E-state index is 3.57. The highest BCUT2D eigenvalue weighted by molar-refractivity contribution is 7.09. The van der Waals surface area contributed by atoms with E-state index in [2.05, 4.69) is 36.8 Å². The molecule has 0 aliphatic heterocycles. The lowest BCUT2D eigenvalue weighted by molar-refractivity contribution is 0.217. The molecule has 0 radical (unpaired) electrons. The van der Waals surface area contributed by atoms with Crippen molar-refractivity contribution >= 4 is 11.3 Å². The van der Waals surface area contributed by atoms with E-state index in [1.165, 1.54) is 49.8 Å². The second-order valence-electron chi connectivity index (χ2n) is 5.70. The Morgan fingerprint density at radius 1 is 1.33 bits per heavy atom. The fraction of sp³-hybridized carbons (Fsp3) is 0.750. The van der Waals surface area contributed by atoms with E-state index in [1.54, 1.807) is 0 Å². The van der Waals surface area contributed by atoms with Crippen molar-refractivity contribution < 1.29 is 0 Å². The molecule has 0 aromatic carbocycles. The summed E-state index contributed by atoms with van der Waals surface area (Å²) in [4.78, 5) is 1.54. The molecule has 1 N–H and O–H groups in total. The van der Waals surface area contributed by atoms with Crippen LogP contribution >= 0.6 is 11.3 Å². The smallest absolute Gasteiger partial charge is 0.00957 e. The van der Waals surface area contributed by atoms with Gasteiger partial charge in [0.15, 0.2) is 0 Å². The summed E-state index contributed by atoms with van der Waals surface area (Å²) < 4.78 is 0. The molecular formula is C16H27NS. The Kier molecular flexibility index (Phi) is 5.71. The first-order chi connectivity index (χ1) is 8.83. The fourth-order valence-electron chi connectivity index (χ4n) is 3.37. The number of hydrogen-bond acceptors (Lipinski definition) is 2. The summed E-state index contributed by atoms with van der Waals surface area (Å²) >= 11 is 1.90. The van der Waals surface area contributed by atoms with Crippen LogP contribution in [0.4, 0.5) is 0 Å². The van der Waals surface area contributed by atoms with E-state index in [4.69, 9.17) is 0 Å². The number of rotatable bonds is 6. The van der Waals surface area contributed by atoms with E-state index >= 15 is 0 Å². The van der Waals surface area contributed by atoms with Gasteiger partial charge in [-0.3, -0.25) is 0 Å². The molecule has 1 aliphatic carbocycles.